The zero-order valence-electron chi connectivity index (χ0n) is 12.6. The first-order chi connectivity index (χ1) is 10.0. The first-order valence-corrected chi connectivity index (χ1v) is 8.13. The molecule has 0 saturated heterocycles. The third-order valence-electron chi connectivity index (χ3n) is 3.42. The maximum atomic E-state index is 13.3. The van der Waals surface area contributed by atoms with Gasteiger partial charge in [0.05, 0.1) is 0 Å². The molecule has 2 aromatic rings. The minimum atomic E-state index is -0.805. The molecule has 1 heterocycles. The first-order valence-electron chi connectivity index (χ1n) is 7.31. The number of benzene rings is 1. The molecule has 1 aromatic carbocycles. The van der Waals surface area contributed by atoms with Gasteiger partial charge in [-0.3, -0.25) is 0 Å². The van der Waals surface area contributed by atoms with E-state index in [0.29, 0.717) is 12.0 Å². The van der Waals surface area contributed by atoms with E-state index in [0.717, 1.165) is 23.4 Å². The summed E-state index contributed by atoms with van der Waals surface area (Å²) >= 11 is 1.64. The molecule has 1 aromatic heterocycles. The average Bonchev–Trinajstić information content (AvgIpc) is 2.91. The van der Waals surface area contributed by atoms with Crippen molar-refractivity contribution in [2.24, 2.45) is 5.92 Å². The van der Waals surface area contributed by atoms with E-state index in [1.54, 1.807) is 17.4 Å². The van der Waals surface area contributed by atoms with Crippen molar-refractivity contribution in [2.45, 2.75) is 33.2 Å². The van der Waals surface area contributed by atoms with Gasteiger partial charge in [-0.25, -0.2) is 8.78 Å². The Hall–Kier alpha value is -1.26. The van der Waals surface area contributed by atoms with Gasteiger partial charge in [-0.15, -0.1) is 11.3 Å². The number of halogens is 2. The molecule has 1 N–H and O–H groups in total. The topological polar surface area (TPSA) is 12.0 Å². The molecule has 1 unspecified atom stereocenters. The second kappa shape index (κ2) is 7.14. The fourth-order valence-electron chi connectivity index (χ4n) is 2.29. The minimum absolute atomic E-state index is 0.300. The van der Waals surface area contributed by atoms with Crippen LogP contribution >= 0.6 is 11.3 Å². The summed E-state index contributed by atoms with van der Waals surface area (Å²) < 4.78 is 26.4. The minimum Gasteiger partial charge on any atom is -0.309 e. The Morgan fingerprint density at radius 2 is 1.86 bits per heavy atom. The van der Waals surface area contributed by atoms with Crippen LogP contribution in [-0.2, 0) is 0 Å². The van der Waals surface area contributed by atoms with Crippen LogP contribution in [0.3, 0.4) is 0 Å². The predicted octanol–water partition coefficient (Wildman–Crippen LogP) is 5.39. The van der Waals surface area contributed by atoms with Gasteiger partial charge < -0.3 is 5.32 Å². The molecule has 4 heteroatoms. The van der Waals surface area contributed by atoms with Gasteiger partial charge in [0.1, 0.15) is 0 Å². The average molecular weight is 309 g/mol. The van der Waals surface area contributed by atoms with Crippen molar-refractivity contribution in [1.82, 2.24) is 5.32 Å². The Balaban J connectivity index is 2.25. The van der Waals surface area contributed by atoms with Gasteiger partial charge in [-0.2, -0.15) is 0 Å². The molecule has 2 rings (SSSR count). The number of thiophene rings is 1. The van der Waals surface area contributed by atoms with E-state index in [1.165, 1.54) is 17.0 Å². The highest BCUT2D eigenvalue weighted by Crippen LogP contribution is 2.34. The molecule has 21 heavy (non-hydrogen) atoms. The molecule has 1 atom stereocenters. The molecule has 0 radical (unpaired) electrons. The lowest BCUT2D eigenvalue weighted by molar-refractivity contribution is 0.418. The Bertz CT molecular complexity index is 592. The van der Waals surface area contributed by atoms with E-state index in [1.807, 2.05) is 6.07 Å². The molecule has 0 spiro atoms. The smallest absolute Gasteiger partial charge is 0.159 e. The maximum absolute atomic E-state index is 13.3. The second-order valence-corrected chi connectivity index (χ2v) is 6.62. The molecule has 0 fully saturated rings. The van der Waals surface area contributed by atoms with Gasteiger partial charge in [0.15, 0.2) is 11.6 Å². The fraction of sp³-hybridized carbons (Fsp3) is 0.412. The van der Waals surface area contributed by atoms with E-state index in [-0.39, 0.29) is 0 Å². The lowest BCUT2D eigenvalue weighted by Crippen LogP contribution is -2.25. The van der Waals surface area contributed by atoms with Crippen molar-refractivity contribution in [2.75, 3.05) is 6.54 Å². The molecule has 1 nitrogen and oxygen atoms in total. The molecule has 0 aliphatic rings. The molecule has 0 aliphatic heterocycles. The second-order valence-electron chi connectivity index (χ2n) is 5.51. The van der Waals surface area contributed by atoms with Gasteiger partial charge in [0.2, 0.25) is 0 Å². The van der Waals surface area contributed by atoms with Crippen molar-refractivity contribution in [3.8, 4) is 10.4 Å². The van der Waals surface area contributed by atoms with Gasteiger partial charge in [-0.1, -0.05) is 26.8 Å². The quantitative estimate of drug-likeness (QED) is 0.754. The number of nitrogens with one attached hydrogen (secondary N) is 1. The SMILES string of the molecule is CCCNC(c1ccc(-c2ccc(F)c(F)c2)s1)C(C)C. The Morgan fingerprint density at radius 3 is 2.48 bits per heavy atom. The van der Waals surface area contributed by atoms with Crippen molar-refractivity contribution in [1.29, 1.82) is 0 Å². The highest BCUT2D eigenvalue weighted by atomic mass is 32.1. The van der Waals surface area contributed by atoms with Crippen LogP contribution in [0.25, 0.3) is 10.4 Å². The summed E-state index contributed by atoms with van der Waals surface area (Å²) in [6, 6.07) is 8.42. The number of hydrogen-bond donors (Lipinski definition) is 1. The van der Waals surface area contributed by atoms with E-state index >= 15 is 0 Å². The van der Waals surface area contributed by atoms with Crippen LogP contribution in [0.5, 0.6) is 0 Å². The molecule has 114 valence electrons. The molecule has 0 aliphatic carbocycles. The first kappa shape index (κ1) is 16.1. The Morgan fingerprint density at radius 1 is 1.10 bits per heavy atom. The van der Waals surface area contributed by atoms with Crippen molar-refractivity contribution in [3.05, 3.63) is 46.8 Å². The van der Waals surface area contributed by atoms with Crippen LogP contribution in [0.1, 0.15) is 38.1 Å². The Labute approximate surface area is 129 Å². The summed E-state index contributed by atoms with van der Waals surface area (Å²) in [5.41, 5.74) is 0.725. The lowest BCUT2D eigenvalue weighted by atomic mass is 10.0. The summed E-state index contributed by atoms with van der Waals surface area (Å²) in [5, 5.41) is 3.55. The van der Waals surface area contributed by atoms with E-state index in [9.17, 15) is 8.78 Å². The number of rotatable bonds is 6. The lowest BCUT2D eigenvalue weighted by Gasteiger charge is -2.20. The van der Waals surface area contributed by atoms with Gasteiger partial charge in [-0.05, 0) is 48.7 Å². The summed E-state index contributed by atoms with van der Waals surface area (Å²) in [6.07, 6.45) is 1.09. The molecular weight excluding hydrogens is 288 g/mol. The van der Waals surface area contributed by atoms with Crippen LogP contribution < -0.4 is 5.32 Å². The molecule has 0 saturated carbocycles. The largest absolute Gasteiger partial charge is 0.309 e. The summed E-state index contributed by atoms with van der Waals surface area (Å²) in [4.78, 5) is 2.20. The summed E-state index contributed by atoms with van der Waals surface area (Å²) in [5.74, 6) is -1.12. The molecular formula is C17H21F2NS. The monoisotopic (exact) mass is 309 g/mol. The summed E-state index contributed by atoms with van der Waals surface area (Å²) in [6.45, 7) is 7.49. The standard InChI is InChI=1S/C17H21F2NS/c1-4-9-20-17(11(2)3)16-8-7-15(21-16)12-5-6-13(18)14(19)10-12/h5-8,10-11,17,20H,4,9H2,1-3H3. The van der Waals surface area contributed by atoms with Crippen LogP contribution in [0.4, 0.5) is 8.78 Å². The van der Waals surface area contributed by atoms with Crippen molar-refractivity contribution < 1.29 is 8.78 Å². The van der Waals surface area contributed by atoms with E-state index in [2.05, 4.69) is 32.2 Å². The maximum Gasteiger partial charge on any atom is 0.159 e. The van der Waals surface area contributed by atoms with Gasteiger partial charge in [0.25, 0.3) is 0 Å². The van der Waals surface area contributed by atoms with Crippen LogP contribution in [0.15, 0.2) is 30.3 Å². The van der Waals surface area contributed by atoms with E-state index in [4.69, 9.17) is 0 Å². The normalized spacial score (nSPS) is 12.9. The zero-order valence-corrected chi connectivity index (χ0v) is 13.4. The predicted molar refractivity (Wildman–Crippen MR) is 85.5 cm³/mol. The molecule has 0 amide bonds. The highest BCUT2D eigenvalue weighted by molar-refractivity contribution is 7.15. The zero-order chi connectivity index (χ0) is 15.4. The fourth-order valence-corrected chi connectivity index (χ4v) is 3.54. The highest BCUT2D eigenvalue weighted by Gasteiger charge is 2.17. The summed E-state index contributed by atoms with van der Waals surface area (Å²) in [7, 11) is 0. The van der Waals surface area contributed by atoms with Crippen LogP contribution in [-0.4, -0.2) is 6.54 Å². The third-order valence-corrected chi connectivity index (χ3v) is 4.64. The van der Waals surface area contributed by atoms with Gasteiger partial charge >= 0.3 is 0 Å². The van der Waals surface area contributed by atoms with Crippen molar-refractivity contribution >= 4 is 11.3 Å². The molecule has 0 bridgehead atoms. The number of hydrogen-bond acceptors (Lipinski definition) is 2. The van der Waals surface area contributed by atoms with Crippen LogP contribution in [0.2, 0.25) is 0 Å². The Kier molecular flexibility index (Phi) is 5.48. The van der Waals surface area contributed by atoms with Crippen molar-refractivity contribution in [3.63, 3.8) is 0 Å². The van der Waals surface area contributed by atoms with Gasteiger partial charge in [0, 0.05) is 15.8 Å². The van der Waals surface area contributed by atoms with Crippen LogP contribution in [0, 0.1) is 17.6 Å². The third kappa shape index (κ3) is 3.89. The van der Waals surface area contributed by atoms with E-state index < -0.39 is 11.6 Å².